The number of hydrogen-bond acceptors (Lipinski definition) is 1. The van der Waals surface area contributed by atoms with Crippen molar-refractivity contribution in [2.75, 3.05) is 11.9 Å². The van der Waals surface area contributed by atoms with Crippen molar-refractivity contribution < 1.29 is 4.74 Å². The van der Waals surface area contributed by atoms with Crippen LogP contribution < -0.4 is 4.74 Å². The van der Waals surface area contributed by atoms with Crippen LogP contribution in [0.15, 0.2) is 12.1 Å². The molecule has 0 N–H and O–H groups in total. The van der Waals surface area contributed by atoms with Gasteiger partial charge in [-0.3, -0.25) is 0 Å². The van der Waals surface area contributed by atoms with Crippen LogP contribution in [0.1, 0.15) is 71.1 Å². The average molecular weight is 355 g/mol. The number of halogens is 1. The highest BCUT2D eigenvalue weighted by Gasteiger charge is 2.27. The quantitative estimate of drug-likeness (QED) is 0.455. The summed E-state index contributed by atoms with van der Waals surface area (Å²) in [7, 11) is 0. The van der Waals surface area contributed by atoms with Crippen LogP contribution in [0.2, 0.25) is 0 Å². The molecular formula is C19H31BrO. The van der Waals surface area contributed by atoms with E-state index in [0.29, 0.717) is 0 Å². The molecule has 0 fully saturated rings. The molecule has 0 aliphatic carbocycles. The molecule has 1 aromatic rings. The Hall–Kier alpha value is -0.500. The topological polar surface area (TPSA) is 9.23 Å². The Morgan fingerprint density at radius 2 is 1.38 bits per heavy atom. The van der Waals surface area contributed by atoms with Crippen molar-refractivity contribution in [3.63, 3.8) is 0 Å². The van der Waals surface area contributed by atoms with Crippen LogP contribution in [-0.2, 0) is 10.8 Å². The van der Waals surface area contributed by atoms with Crippen LogP contribution >= 0.6 is 15.9 Å². The van der Waals surface area contributed by atoms with Crippen molar-refractivity contribution in [2.24, 2.45) is 0 Å². The zero-order chi connectivity index (χ0) is 16.3. The lowest BCUT2D eigenvalue weighted by Crippen LogP contribution is -2.20. The van der Waals surface area contributed by atoms with Crippen LogP contribution in [0.5, 0.6) is 5.75 Å². The maximum Gasteiger partial charge on any atom is 0.126 e. The van der Waals surface area contributed by atoms with E-state index >= 15 is 0 Å². The molecule has 0 bridgehead atoms. The molecule has 1 aromatic carbocycles. The fourth-order valence-electron chi connectivity index (χ4n) is 2.41. The van der Waals surface area contributed by atoms with Crippen molar-refractivity contribution in [3.8, 4) is 5.75 Å². The van der Waals surface area contributed by atoms with Crippen molar-refractivity contribution in [1.82, 2.24) is 0 Å². The molecule has 0 saturated heterocycles. The summed E-state index contributed by atoms with van der Waals surface area (Å²) in [5.41, 5.74) is 4.16. The minimum Gasteiger partial charge on any atom is -0.493 e. The van der Waals surface area contributed by atoms with Crippen LogP contribution in [-0.4, -0.2) is 11.9 Å². The van der Waals surface area contributed by atoms with Gasteiger partial charge in [0, 0.05) is 16.5 Å². The normalized spacial score (nSPS) is 12.6. The number of unbranched alkanes of at least 4 members (excludes halogenated alkanes) is 1. The molecule has 0 radical (unpaired) electrons. The van der Waals surface area contributed by atoms with Gasteiger partial charge < -0.3 is 4.74 Å². The first-order chi connectivity index (χ1) is 9.57. The van der Waals surface area contributed by atoms with Crippen molar-refractivity contribution in [2.45, 2.75) is 72.1 Å². The third kappa shape index (κ3) is 5.32. The van der Waals surface area contributed by atoms with E-state index in [1.807, 2.05) is 0 Å². The van der Waals surface area contributed by atoms with Gasteiger partial charge in [-0.05, 0) is 30.6 Å². The minimum absolute atomic E-state index is 0.0940. The summed E-state index contributed by atoms with van der Waals surface area (Å²) < 4.78 is 6.26. The predicted octanol–water partition coefficient (Wildman–Crippen LogP) is 6.14. The van der Waals surface area contributed by atoms with Gasteiger partial charge in [0.05, 0.1) is 6.61 Å². The Morgan fingerprint density at radius 3 is 1.76 bits per heavy atom. The number of ether oxygens (including phenoxy) is 1. The van der Waals surface area contributed by atoms with Crippen molar-refractivity contribution >= 4 is 15.9 Å². The number of rotatable bonds is 5. The molecule has 0 aliphatic rings. The predicted molar refractivity (Wildman–Crippen MR) is 97.1 cm³/mol. The van der Waals surface area contributed by atoms with E-state index < -0.39 is 0 Å². The van der Waals surface area contributed by atoms with Crippen LogP contribution in [0.25, 0.3) is 0 Å². The van der Waals surface area contributed by atoms with E-state index in [4.69, 9.17) is 4.74 Å². The number of benzene rings is 1. The Balaban J connectivity index is 3.26. The largest absolute Gasteiger partial charge is 0.493 e. The number of alkyl halides is 1. The number of hydrogen-bond donors (Lipinski definition) is 0. The molecule has 0 aliphatic heterocycles. The van der Waals surface area contributed by atoms with Crippen LogP contribution in [0, 0.1) is 6.92 Å². The second-order valence-corrected chi connectivity index (χ2v) is 8.73. The van der Waals surface area contributed by atoms with E-state index in [0.717, 1.165) is 30.5 Å². The highest BCUT2D eigenvalue weighted by atomic mass is 79.9. The zero-order valence-electron chi connectivity index (χ0n) is 14.8. The van der Waals surface area contributed by atoms with Gasteiger partial charge in [-0.15, -0.1) is 0 Å². The van der Waals surface area contributed by atoms with Crippen molar-refractivity contribution in [1.29, 1.82) is 0 Å². The Bertz CT molecular complexity index is 428. The first-order valence-electron chi connectivity index (χ1n) is 7.91. The van der Waals surface area contributed by atoms with E-state index in [1.165, 1.54) is 16.7 Å². The molecule has 0 saturated carbocycles. The number of aryl methyl sites for hydroxylation is 1. The second kappa shape index (κ2) is 7.17. The summed E-state index contributed by atoms with van der Waals surface area (Å²) in [4.78, 5) is 0. The standard InChI is InChI=1S/C19H31BrO/c1-14-12-15(18(2,3)4)17(21-11-9-8-10-20)16(13-14)19(5,6)7/h12-13H,8-11H2,1-7H3. The van der Waals surface area contributed by atoms with Gasteiger partial charge in [-0.25, -0.2) is 0 Å². The lowest BCUT2D eigenvalue weighted by molar-refractivity contribution is 0.293. The van der Waals surface area contributed by atoms with Gasteiger partial charge in [0.2, 0.25) is 0 Å². The van der Waals surface area contributed by atoms with Crippen molar-refractivity contribution in [3.05, 3.63) is 28.8 Å². The maximum atomic E-state index is 6.26. The highest BCUT2D eigenvalue weighted by molar-refractivity contribution is 9.09. The fourth-order valence-corrected chi connectivity index (χ4v) is 2.81. The van der Waals surface area contributed by atoms with Gasteiger partial charge in [0.25, 0.3) is 0 Å². The molecule has 0 spiro atoms. The van der Waals surface area contributed by atoms with E-state index in [1.54, 1.807) is 0 Å². The van der Waals surface area contributed by atoms with Gasteiger partial charge in [0.1, 0.15) is 5.75 Å². The molecule has 21 heavy (non-hydrogen) atoms. The first-order valence-corrected chi connectivity index (χ1v) is 9.04. The summed E-state index contributed by atoms with van der Waals surface area (Å²) in [5, 5.41) is 1.04. The molecule has 2 heteroatoms. The third-order valence-corrected chi connectivity index (χ3v) is 4.18. The van der Waals surface area contributed by atoms with Gasteiger partial charge in [-0.2, -0.15) is 0 Å². The summed E-state index contributed by atoms with van der Waals surface area (Å²) in [6.45, 7) is 16.6. The molecular weight excluding hydrogens is 324 g/mol. The Labute approximate surface area is 139 Å². The lowest BCUT2D eigenvalue weighted by Gasteiger charge is -2.30. The molecule has 0 heterocycles. The van der Waals surface area contributed by atoms with Crippen LogP contribution in [0.3, 0.4) is 0 Å². The van der Waals surface area contributed by atoms with Gasteiger partial charge in [0.15, 0.2) is 0 Å². The lowest BCUT2D eigenvalue weighted by atomic mass is 9.78. The SMILES string of the molecule is Cc1cc(C(C)(C)C)c(OCCCCBr)c(C(C)(C)C)c1. The summed E-state index contributed by atoms with van der Waals surface area (Å²) in [5.74, 6) is 1.11. The fraction of sp³-hybridized carbons (Fsp3) is 0.684. The minimum atomic E-state index is 0.0940. The monoisotopic (exact) mass is 354 g/mol. The summed E-state index contributed by atoms with van der Waals surface area (Å²) in [6.07, 6.45) is 2.24. The molecule has 0 aromatic heterocycles. The summed E-state index contributed by atoms with van der Waals surface area (Å²) >= 11 is 3.48. The molecule has 1 nitrogen and oxygen atoms in total. The molecule has 0 atom stereocenters. The smallest absolute Gasteiger partial charge is 0.126 e. The maximum absolute atomic E-state index is 6.26. The molecule has 120 valence electrons. The third-order valence-electron chi connectivity index (χ3n) is 3.62. The average Bonchev–Trinajstić information content (AvgIpc) is 2.33. The van der Waals surface area contributed by atoms with Gasteiger partial charge >= 0.3 is 0 Å². The molecule has 0 amide bonds. The molecule has 1 rings (SSSR count). The van der Waals surface area contributed by atoms with Crippen LogP contribution in [0.4, 0.5) is 0 Å². The Morgan fingerprint density at radius 1 is 0.905 bits per heavy atom. The Kier molecular flexibility index (Phi) is 6.34. The zero-order valence-corrected chi connectivity index (χ0v) is 16.4. The first kappa shape index (κ1) is 18.5. The van der Waals surface area contributed by atoms with E-state index in [2.05, 4.69) is 76.5 Å². The van der Waals surface area contributed by atoms with E-state index in [9.17, 15) is 0 Å². The van der Waals surface area contributed by atoms with E-state index in [-0.39, 0.29) is 10.8 Å². The summed E-state index contributed by atoms with van der Waals surface area (Å²) in [6, 6.07) is 4.57. The van der Waals surface area contributed by atoms with Gasteiger partial charge in [-0.1, -0.05) is 75.2 Å². The highest BCUT2D eigenvalue weighted by Crippen LogP contribution is 2.40. The molecule has 0 unspecified atom stereocenters. The second-order valence-electron chi connectivity index (χ2n) is 7.93.